The minimum Gasteiger partial charge on any atom is -0.378 e. The Hall–Kier alpha value is -2.97. The average molecular weight is 390 g/mol. The molecule has 5 heterocycles. The van der Waals surface area contributed by atoms with Gasteiger partial charge in [-0.25, -0.2) is 4.98 Å². The zero-order chi connectivity index (χ0) is 18.8. The Morgan fingerprint density at radius 1 is 1.07 bits per heavy atom. The van der Waals surface area contributed by atoms with Crippen LogP contribution in [-0.2, 0) is 11.2 Å². The van der Waals surface area contributed by atoms with Crippen LogP contribution in [0.3, 0.4) is 0 Å². The van der Waals surface area contributed by atoms with Gasteiger partial charge in [-0.3, -0.25) is 9.97 Å². The van der Waals surface area contributed by atoms with E-state index in [4.69, 9.17) is 9.72 Å². The molecular weight excluding hydrogens is 372 g/mol. The number of ether oxygens (including phenoxy) is 1. The second-order valence-corrected chi connectivity index (χ2v) is 7.69. The lowest BCUT2D eigenvalue weighted by molar-refractivity contribution is 0.111. The molecule has 0 bridgehead atoms. The molecule has 5 rings (SSSR count). The Labute approximate surface area is 165 Å². The maximum absolute atomic E-state index is 5.68. The zero-order valence-corrected chi connectivity index (χ0v) is 15.9. The zero-order valence-electron chi connectivity index (χ0n) is 15.1. The molecule has 8 heteroatoms. The van der Waals surface area contributed by atoms with Gasteiger partial charge in [0.15, 0.2) is 0 Å². The van der Waals surface area contributed by atoms with E-state index in [2.05, 4.69) is 25.5 Å². The Balaban J connectivity index is 1.41. The Morgan fingerprint density at radius 3 is 2.86 bits per heavy atom. The number of pyridine rings is 3. The molecule has 4 aromatic heterocycles. The lowest BCUT2D eigenvalue weighted by atomic mass is 10.1. The number of hydrogen-bond acceptors (Lipinski definition) is 8. The molecule has 1 aliphatic heterocycles. The summed E-state index contributed by atoms with van der Waals surface area (Å²) >= 11 is 1.54. The molecule has 0 aliphatic carbocycles. The van der Waals surface area contributed by atoms with Crippen LogP contribution in [0.4, 0.5) is 10.9 Å². The third kappa shape index (κ3) is 3.56. The highest BCUT2D eigenvalue weighted by atomic mass is 32.1. The van der Waals surface area contributed by atoms with Gasteiger partial charge >= 0.3 is 0 Å². The van der Waals surface area contributed by atoms with E-state index in [0.29, 0.717) is 0 Å². The van der Waals surface area contributed by atoms with Gasteiger partial charge in [-0.2, -0.15) is 0 Å². The number of aromatic nitrogens is 5. The Morgan fingerprint density at radius 2 is 2.00 bits per heavy atom. The second-order valence-electron chi connectivity index (χ2n) is 6.62. The topological polar surface area (TPSA) is 85.7 Å². The van der Waals surface area contributed by atoms with E-state index >= 15 is 0 Å². The van der Waals surface area contributed by atoms with E-state index in [0.717, 1.165) is 64.0 Å². The van der Waals surface area contributed by atoms with Crippen LogP contribution in [0.15, 0.2) is 48.9 Å². The van der Waals surface area contributed by atoms with E-state index in [1.165, 1.54) is 0 Å². The fourth-order valence-corrected chi connectivity index (χ4v) is 4.17. The molecule has 7 nitrogen and oxygen atoms in total. The van der Waals surface area contributed by atoms with Gasteiger partial charge in [0.2, 0.25) is 5.13 Å². The molecule has 1 aliphatic rings. The first-order valence-electron chi connectivity index (χ1n) is 9.22. The van der Waals surface area contributed by atoms with Crippen molar-refractivity contribution in [1.82, 2.24) is 25.1 Å². The molecule has 1 N–H and O–H groups in total. The summed E-state index contributed by atoms with van der Waals surface area (Å²) in [6, 6.07) is 9.78. The predicted molar refractivity (Wildman–Crippen MR) is 109 cm³/mol. The molecule has 0 spiro atoms. The molecule has 1 fully saturated rings. The third-order valence-corrected chi connectivity index (χ3v) is 5.56. The fourth-order valence-electron chi connectivity index (χ4n) is 3.36. The lowest BCUT2D eigenvalue weighted by Crippen LogP contribution is -2.08. The fraction of sp³-hybridized carbons (Fsp3) is 0.250. The smallest absolute Gasteiger partial charge is 0.211 e. The number of hydrogen-bond donors (Lipinski definition) is 1. The molecule has 1 saturated heterocycles. The normalized spacial score (nSPS) is 16.5. The van der Waals surface area contributed by atoms with Crippen molar-refractivity contribution in [3.63, 3.8) is 0 Å². The van der Waals surface area contributed by atoms with Crippen LogP contribution in [0.5, 0.6) is 0 Å². The van der Waals surface area contributed by atoms with Gasteiger partial charge in [-0.1, -0.05) is 11.3 Å². The van der Waals surface area contributed by atoms with E-state index in [-0.39, 0.29) is 6.10 Å². The predicted octanol–water partition coefficient (Wildman–Crippen LogP) is 4.01. The summed E-state index contributed by atoms with van der Waals surface area (Å²) in [6.07, 6.45) is 8.67. The van der Waals surface area contributed by atoms with Gasteiger partial charge in [-0.05, 0) is 48.7 Å². The maximum atomic E-state index is 5.68. The number of nitrogens with one attached hydrogen (secondary N) is 1. The van der Waals surface area contributed by atoms with Gasteiger partial charge in [0.25, 0.3) is 0 Å². The SMILES string of the molecule is c1cc(-c2ccnc3ccc(Nc4nnc(CC5CCCO5)s4)nc23)ccn1. The van der Waals surface area contributed by atoms with Gasteiger partial charge in [0, 0.05) is 37.2 Å². The minimum atomic E-state index is 0.272. The van der Waals surface area contributed by atoms with Crippen molar-refractivity contribution < 1.29 is 4.74 Å². The van der Waals surface area contributed by atoms with Crippen LogP contribution in [-0.4, -0.2) is 37.9 Å². The summed E-state index contributed by atoms with van der Waals surface area (Å²) in [5.41, 5.74) is 3.76. The summed E-state index contributed by atoms with van der Waals surface area (Å²) in [7, 11) is 0. The van der Waals surface area contributed by atoms with E-state index in [1.54, 1.807) is 29.9 Å². The quantitative estimate of drug-likeness (QED) is 0.551. The number of rotatable bonds is 5. The average Bonchev–Trinajstić information content (AvgIpc) is 3.41. The van der Waals surface area contributed by atoms with Gasteiger partial charge in [0.05, 0.1) is 17.1 Å². The van der Waals surface area contributed by atoms with Crippen molar-refractivity contribution in [3.8, 4) is 11.1 Å². The van der Waals surface area contributed by atoms with Crippen molar-refractivity contribution in [2.45, 2.75) is 25.4 Å². The first kappa shape index (κ1) is 17.2. The van der Waals surface area contributed by atoms with Gasteiger partial charge in [-0.15, -0.1) is 10.2 Å². The van der Waals surface area contributed by atoms with Crippen molar-refractivity contribution in [2.24, 2.45) is 0 Å². The second kappa shape index (κ2) is 7.57. The standard InChI is InChI=1S/C20H18N6OS/c1-2-14(27-11-1)12-18-25-26-20(28-18)24-17-4-3-16-19(23-17)15(7-10-22-16)13-5-8-21-9-6-13/h3-10,14H,1-2,11-12H2,(H,23,24,26). The van der Waals surface area contributed by atoms with Crippen LogP contribution in [0.2, 0.25) is 0 Å². The number of fused-ring (bicyclic) bond motifs is 1. The maximum Gasteiger partial charge on any atom is 0.211 e. The lowest BCUT2D eigenvalue weighted by Gasteiger charge is -2.07. The molecule has 1 unspecified atom stereocenters. The van der Waals surface area contributed by atoms with Crippen molar-refractivity contribution in [1.29, 1.82) is 0 Å². The summed E-state index contributed by atoms with van der Waals surface area (Å²) < 4.78 is 5.68. The van der Waals surface area contributed by atoms with Gasteiger partial charge < -0.3 is 10.1 Å². The molecular formula is C20H18N6OS. The molecule has 0 aromatic carbocycles. The van der Waals surface area contributed by atoms with Gasteiger partial charge in [0.1, 0.15) is 10.8 Å². The van der Waals surface area contributed by atoms with Crippen molar-refractivity contribution >= 4 is 33.3 Å². The Bertz CT molecular complexity index is 1090. The van der Waals surface area contributed by atoms with Crippen LogP contribution in [0, 0.1) is 0 Å². The molecule has 0 amide bonds. The summed E-state index contributed by atoms with van der Waals surface area (Å²) in [5.74, 6) is 0.718. The highest BCUT2D eigenvalue weighted by Gasteiger charge is 2.18. The molecule has 0 radical (unpaired) electrons. The highest BCUT2D eigenvalue weighted by Crippen LogP contribution is 2.28. The summed E-state index contributed by atoms with van der Waals surface area (Å²) in [6.45, 7) is 0.851. The molecule has 1 atom stereocenters. The largest absolute Gasteiger partial charge is 0.378 e. The molecule has 4 aromatic rings. The number of anilines is 2. The van der Waals surface area contributed by atoms with Crippen molar-refractivity contribution in [3.05, 3.63) is 53.9 Å². The first-order valence-corrected chi connectivity index (χ1v) is 10.0. The Kier molecular flexibility index (Phi) is 4.64. The third-order valence-electron chi connectivity index (χ3n) is 4.70. The van der Waals surface area contributed by atoms with Crippen molar-refractivity contribution in [2.75, 3.05) is 11.9 Å². The highest BCUT2D eigenvalue weighted by molar-refractivity contribution is 7.15. The van der Waals surface area contributed by atoms with E-state index in [1.807, 2.05) is 30.3 Å². The summed E-state index contributed by atoms with van der Waals surface area (Å²) in [5, 5.41) is 13.5. The molecule has 140 valence electrons. The van der Waals surface area contributed by atoms with Crippen LogP contribution >= 0.6 is 11.3 Å². The van der Waals surface area contributed by atoms with Crippen LogP contribution in [0.1, 0.15) is 17.8 Å². The van der Waals surface area contributed by atoms with Crippen LogP contribution < -0.4 is 5.32 Å². The monoisotopic (exact) mass is 390 g/mol. The minimum absolute atomic E-state index is 0.272. The molecule has 0 saturated carbocycles. The summed E-state index contributed by atoms with van der Waals surface area (Å²) in [4.78, 5) is 13.3. The van der Waals surface area contributed by atoms with E-state index in [9.17, 15) is 0 Å². The number of nitrogens with zero attached hydrogens (tertiary/aromatic N) is 5. The van der Waals surface area contributed by atoms with E-state index < -0.39 is 0 Å². The molecule has 28 heavy (non-hydrogen) atoms. The first-order chi connectivity index (χ1) is 13.8. The van der Waals surface area contributed by atoms with Crippen LogP contribution in [0.25, 0.3) is 22.2 Å².